The number of aromatic nitrogens is 1. The molecule has 0 unspecified atom stereocenters. The molecule has 3 N–H and O–H groups in total. The molecule has 0 spiro atoms. The van der Waals surface area contributed by atoms with Crippen LogP contribution in [-0.4, -0.2) is 43.5 Å². The second-order valence-corrected chi connectivity index (χ2v) is 13.1. The summed E-state index contributed by atoms with van der Waals surface area (Å²) < 4.78 is 11.4. The van der Waals surface area contributed by atoms with Crippen molar-refractivity contribution in [2.24, 2.45) is 4.99 Å². The van der Waals surface area contributed by atoms with Crippen LogP contribution in [0.15, 0.2) is 47.6 Å². The Morgan fingerprint density at radius 1 is 1.18 bits per heavy atom. The van der Waals surface area contributed by atoms with Gasteiger partial charge in [-0.15, -0.1) is 0 Å². The molecule has 1 heterocycles. The third-order valence-electron chi connectivity index (χ3n) is 3.91. The first kappa shape index (κ1) is 21.7. The maximum atomic E-state index is 8.78. The van der Waals surface area contributed by atoms with Gasteiger partial charge in [-0.1, -0.05) is 19.6 Å². The van der Waals surface area contributed by atoms with E-state index in [1.54, 1.807) is 12.1 Å². The van der Waals surface area contributed by atoms with Gasteiger partial charge < -0.3 is 14.9 Å². The van der Waals surface area contributed by atoms with Crippen LogP contribution in [-0.2, 0) is 4.74 Å². The summed E-state index contributed by atoms with van der Waals surface area (Å²) >= 11 is 0. The summed E-state index contributed by atoms with van der Waals surface area (Å²) in [5.74, 6) is 1.58. The fourth-order valence-electron chi connectivity index (χ4n) is 2.30. The highest BCUT2D eigenvalue weighted by molar-refractivity contribution is 6.76. The lowest BCUT2D eigenvalue weighted by Crippen LogP contribution is -2.21. The van der Waals surface area contributed by atoms with Gasteiger partial charge >= 0.3 is 0 Å². The van der Waals surface area contributed by atoms with Crippen LogP contribution in [0.4, 0.5) is 5.82 Å². The highest BCUT2D eigenvalue weighted by Crippen LogP contribution is 2.22. The van der Waals surface area contributed by atoms with Crippen LogP contribution < -0.4 is 10.2 Å². The zero-order chi connectivity index (χ0) is 20.4. The standard InChI is InChI=1S/C20H28N4O3Si/c1-28(2,3)13-12-26-15-23-19(10-11-21)16-4-6-17(7-5-16)27-18-8-9-20(24-25)22-14-18/h4-9,11,14,21,25H,10,12-13,15H2,1-3H3,(H,22,24). The summed E-state index contributed by atoms with van der Waals surface area (Å²) in [6.07, 6.45) is 3.32. The SMILES string of the molecule is C[Si](C)(C)CCOCN=C(CC=N)c1ccc(Oc2ccc(NO)nc2)cc1. The van der Waals surface area contributed by atoms with Gasteiger partial charge in [-0.25, -0.2) is 4.98 Å². The summed E-state index contributed by atoms with van der Waals surface area (Å²) in [6, 6.07) is 11.9. The first-order valence-electron chi connectivity index (χ1n) is 9.16. The molecule has 0 saturated carbocycles. The van der Waals surface area contributed by atoms with Crippen molar-refractivity contribution >= 4 is 25.8 Å². The minimum absolute atomic E-state index is 0.308. The smallest absolute Gasteiger partial charge is 0.149 e. The van der Waals surface area contributed by atoms with Gasteiger partial charge in [-0.05, 0) is 48.0 Å². The minimum atomic E-state index is -1.10. The maximum Gasteiger partial charge on any atom is 0.149 e. The van der Waals surface area contributed by atoms with Gasteiger partial charge in [0.15, 0.2) is 0 Å². The normalized spacial score (nSPS) is 11.9. The maximum absolute atomic E-state index is 8.78. The molecule has 0 aliphatic heterocycles. The third kappa shape index (κ3) is 7.59. The zero-order valence-corrected chi connectivity index (χ0v) is 17.6. The van der Waals surface area contributed by atoms with Crippen LogP contribution in [0.3, 0.4) is 0 Å². The number of hydrogen-bond acceptors (Lipinski definition) is 7. The predicted molar refractivity (Wildman–Crippen MR) is 115 cm³/mol. The number of nitrogens with zero attached hydrogens (tertiary/aromatic N) is 2. The van der Waals surface area contributed by atoms with Gasteiger partial charge in [-0.3, -0.25) is 15.7 Å². The molecule has 1 aromatic heterocycles. The molecule has 8 heteroatoms. The van der Waals surface area contributed by atoms with Crippen molar-refractivity contribution in [1.82, 2.24) is 4.98 Å². The number of rotatable bonds is 11. The van der Waals surface area contributed by atoms with E-state index in [1.807, 2.05) is 29.7 Å². The number of ether oxygens (including phenoxy) is 2. The molecule has 1 aromatic carbocycles. The fourth-order valence-corrected chi connectivity index (χ4v) is 3.05. The highest BCUT2D eigenvalue weighted by atomic mass is 28.3. The molecule has 0 fully saturated rings. The molecular weight excluding hydrogens is 372 g/mol. The van der Waals surface area contributed by atoms with Crippen LogP contribution in [0, 0.1) is 5.41 Å². The third-order valence-corrected chi connectivity index (χ3v) is 5.62. The second kappa shape index (κ2) is 10.7. The van der Waals surface area contributed by atoms with Gasteiger partial charge in [0, 0.05) is 27.3 Å². The zero-order valence-electron chi connectivity index (χ0n) is 16.6. The summed E-state index contributed by atoms with van der Waals surface area (Å²) in [5.41, 5.74) is 3.72. The minimum Gasteiger partial charge on any atom is -0.456 e. The topological polar surface area (TPSA) is 99.8 Å². The molecule has 150 valence electrons. The molecule has 28 heavy (non-hydrogen) atoms. The van der Waals surface area contributed by atoms with E-state index in [0.29, 0.717) is 30.5 Å². The molecule has 0 aliphatic carbocycles. The van der Waals surface area contributed by atoms with Gasteiger partial charge in [0.1, 0.15) is 24.0 Å². The lowest BCUT2D eigenvalue weighted by atomic mass is 10.1. The first-order valence-corrected chi connectivity index (χ1v) is 12.9. The van der Waals surface area contributed by atoms with E-state index in [9.17, 15) is 0 Å². The summed E-state index contributed by atoms with van der Waals surface area (Å²) in [5, 5.41) is 16.2. The van der Waals surface area contributed by atoms with E-state index in [0.717, 1.165) is 23.9 Å². The van der Waals surface area contributed by atoms with Crippen LogP contribution in [0.2, 0.25) is 25.7 Å². The first-order chi connectivity index (χ1) is 13.4. The summed E-state index contributed by atoms with van der Waals surface area (Å²) in [7, 11) is -1.10. The highest BCUT2D eigenvalue weighted by Gasteiger charge is 2.12. The Morgan fingerprint density at radius 3 is 2.46 bits per heavy atom. The summed E-state index contributed by atoms with van der Waals surface area (Å²) in [6.45, 7) is 7.98. The number of hydrogen-bond donors (Lipinski definition) is 3. The molecule has 0 saturated heterocycles. The van der Waals surface area contributed by atoms with Crippen LogP contribution in [0.25, 0.3) is 0 Å². The Morgan fingerprint density at radius 2 is 1.89 bits per heavy atom. The monoisotopic (exact) mass is 400 g/mol. The van der Waals surface area contributed by atoms with Gasteiger partial charge in [-0.2, -0.15) is 0 Å². The number of anilines is 1. The van der Waals surface area contributed by atoms with Crippen molar-refractivity contribution in [2.45, 2.75) is 32.1 Å². The van der Waals surface area contributed by atoms with E-state index >= 15 is 0 Å². The number of aliphatic imine (C=N–C) groups is 1. The van der Waals surface area contributed by atoms with Crippen molar-refractivity contribution in [2.75, 3.05) is 18.8 Å². The number of pyridine rings is 1. The van der Waals surface area contributed by atoms with Crippen LogP contribution in [0.1, 0.15) is 12.0 Å². The van der Waals surface area contributed by atoms with Crippen LogP contribution >= 0.6 is 0 Å². The molecule has 2 aromatic rings. The molecular formula is C20H28N4O3Si. The Balaban J connectivity index is 1.96. The second-order valence-electron chi connectivity index (χ2n) is 7.48. The average Bonchev–Trinajstić information content (AvgIpc) is 2.67. The molecule has 2 rings (SSSR count). The molecule has 0 aliphatic rings. The molecule has 0 amide bonds. The van der Waals surface area contributed by atoms with E-state index in [1.165, 1.54) is 12.4 Å². The van der Waals surface area contributed by atoms with E-state index in [2.05, 4.69) is 29.6 Å². The van der Waals surface area contributed by atoms with Crippen molar-refractivity contribution in [3.63, 3.8) is 0 Å². The van der Waals surface area contributed by atoms with Crippen molar-refractivity contribution < 1.29 is 14.7 Å². The van der Waals surface area contributed by atoms with E-state index in [4.69, 9.17) is 20.1 Å². The lowest BCUT2D eigenvalue weighted by molar-refractivity contribution is 0.155. The number of nitrogens with one attached hydrogen (secondary N) is 2. The summed E-state index contributed by atoms with van der Waals surface area (Å²) in [4.78, 5) is 8.50. The molecule has 7 nitrogen and oxygen atoms in total. The van der Waals surface area contributed by atoms with Crippen molar-refractivity contribution in [1.29, 1.82) is 5.41 Å². The Labute approximate surface area is 166 Å². The van der Waals surface area contributed by atoms with Gasteiger partial charge in [0.05, 0.1) is 11.9 Å². The molecule has 0 radical (unpaired) electrons. The average molecular weight is 401 g/mol. The van der Waals surface area contributed by atoms with Gasteiger partial charge in [0.25, 0.3) is 0 Å². The van der Waals surface area contributed by atoms with Gasteiger partial charge in [0.2, 0.25) is 0 Å². The predicted octanol–water partition coefficient (Wildman–Crippen LogP) is 4.82. The van der Waals surface area contributed by atoms with Crippen molar-refractivity contribution in [3.8, 4) is 11.5 Å². The Hall–Kier alpha value is -2.55. The van der Waals surface area contributed by atoms with Crippen molar-refractivity contribution in [3.05, 3.63) is 48.2 Å². The quantitative estimate of drug-likeness (QED) is 0.217. The lowest BCUT2D eigenvalue weighted by Gasteiger charge is -2.14. The molecule has 0 bridgehead atoms. The van der Waals surface area contributed by atoms with Crippen LogP contribution in [0.5, 0.6) is 11.5 Å². The Bertz CT molecular complexity index is 772. The number of benzene rings is 1. The van der Waals surface area contributed by atoms with E-state index in [-0.39, 0.29) is 0 Å². The largest absolute Gasteiger partial charge is 0.456 e. The van der Waals surface area contributed by atoms with E-state index < -0.39 is 8.07 Å². The Kier molecular flexibility index (Phi) is 8.31. The molecule has 0 atom stereocenters. The fraction of sp³-hybridized carbons (Fsp3) is 0.350.